The Hall–Kier alpha value is -1.84. The van der Waals surface area contributed by atoms with Crippen LogP contribution in [-0.4, -0.2) is 10.2 Å². The standard InChI is InChI=1S/C17H20O3/c1-2-17(19)15-7-9-16(10-8-15)20-12-14-5-3-13(11-18)4-6-14/h3-10,17-19H,2,11-12H2,1H3. The van der Waals surface area contributed by atoms with Gasteiger partial charge in [-0.25, -0.2) is 0 Å². The highest BCUT2D eigenvalue weighted by atomic mass is 16.5. The Morgan fingerprint density at radius 3 is 2.10 bits per heavy atom. The summed E-state index contributed by atoms with van der Waals surface area (Å²) in [4.78, 5) is 0. The molecule has 0 amide bonds. The third-order valence-electron chi connectivity index (χ3n) is 3.26. The van der Waals surface area contributed by atoms with E-state index < -0.39 is 6.10 Å². The number of hydrogen-bond acceptors (Lipinski definition) is 3. The van der Waals surface area contributed by atoms with Crippen LogP contribution in [0.5, 0.6) is 5.75 Å². The minimum Gasteiger partial charge on any atom is -0.489 e. The minimum absolute atomic E-state index is 0.0579. The SMILES string of the molecule is CCC(O)c1ccc(OCc2ccc(CO)cc2)cc1. The summed E-state index contributed by atoms with van der Waals surface area (Å²) in [6.45, 7) is 2.49. The lowest BCUT2D eigenvalue weighted by molar-refractivity contribution is 0.173. The maximum Gasteiger partial charge on any atom is 0.119 e. The predicted octanol–water partition coefficient (Wildman–Crippen LogP) is 3.20. The van der Waals surface area contributed by atoms with Gasteiger partial charge in [-0.05, 0) is 35.2 Å². The van der Waals surface area contributed by atoms with Crippen LogP contribution in [0.25, 0.3) is 0 Å². The first-order chi connectivity index (χ1) is 9.72. The molecule has 0 heterocycles. The van der Waals surface area contributed by atoms with Crippen molar-refractivity contribution in [2.45, 2.75) is 32.7 Å². The number of aliphatic hydroxyl groups is 2. The van der Waals surface area contributed by atoms with Crippen LogP contribution in [-0.2, 0) is 13.2 Å². The summed E-state index contributed by atoms with van der Waals surface area (Å²) in [5.74, 6) is 0.781. The molecule has 2 aromatic rings. The number of ether oxygens (including phenoxy) is 1. The number of hydrogen-bond donors (Lipinski definition) is 2. The Kier molecular flexibility index (Phi) is 5.16. The van der Waals surface area contributed by atoms with E-state index >= 15 is 0 Å². The molecule has 2 rings (SSSR count). The Morgan fingerprint density at radius 2 is 1.55 bits per heavy atom. The molecule has 0 aliphatic heterocycles. The molecule has 0 aliphatic rings. The van der Waals surface area contributed by atoms with Gasteiger partial charge in [-0.1, -0.05) is 43.3 Å². The van der Waals surface area contributed by atoms with E-state index in [-0.39, 0.29) is 6.61 Å². The van der Waals surface area contributed by atoms with E-state index in [4.69, 9.17) is 9.84 Å². The fourth-order valence-electron chi connectivity index (χ4n) is 1.93. The number of benzene rings is 2. The second-order valence-corrected chi connectivity index (χ2v) is 4.76. The van der Waals surface area contributed by atoms with E-state index in [0.29, 0.717) is 13.0 Å². The van der Waals surface area contributed by atoms with Gasteiger partial charge in [0.25, 0.3) is 0 Å². The average Bonchev–Trinajstić information content (AvgIpc) is 2.53. The molecule has 1 unspecified atom stereocenters. The van der Waals surface area contributed by atoms with Crippen LogP contribution in [0, 0.1) is 0 Å². The fourth-order valence-corrected chi connectivity index (χ4v) is 1.93. The van der Waals surface area contributed by atoms with E-state index in [2.05, 4.69) is 0 Å². The largest absolute Gasteiger partial charge is 0.489 e. The Labute approximate surface area is 119 Å². The summed E-state index contributed by atoms with van der Waals surface area (Å²) < 4.78 is 5.69. The van der Waals surface area contributed by atoms with Gasteiger partial charge >= 0.3 is 0 Å². The van der Waals surface area contributed by atoms with Crippen molar-refractivity contribution in [1.29, 1.82) is 0 Å². The zero-order chi connectivity index (χ0) is 14.4. The van der Waals surface area contributed by atoms with Crippen LogP contribution in [0.4, 0.5) is 0 Å². The van der Waals surface area contributed by atoms with E-state index in [1.54, 1.807) is 0 Å². The highest BCUT2D eigenvalue weighted by molar-refractivity contribution is 5.29. The van der Waals surface area contributed by atoms with Gasteiger partial charge in [0.2, 0.25) is 0 Å². The molecule has 0 fully saturated rings. The van der Waals surface area contributed by atoms with Gasteiger partial charge in [0.1, 0.15) is 12.4 Å². The quantitative estimate of drug-likeness (QED) is 0.849. The number of aliphatic hydroxyl groups excluding tert-OH is 2. The maximum absolute atomic E-state index is 9.72. The van der Waals surface area contributed by atoms with Crippen LogP contribution in [0.15, 0.2) is 48.5 Å². The maximum atomic E-state index is 9.72. The summed E-state index contributed by atoms with van der Waals surface area (Å²) >= 11 is 0. The first kappa shape index (κ1) is 14.6. The van der Waals surface area contributed by atoms with E-state index in [0.717, 1.165) is 22.4 Å². The molecular weight excluding hydrogens is 252 g/mol. The Balaban J connectivity index is 1.93. The van der Waals surface area contributed by atoms with E-state index in [9.17, 15) is 5.11 Å². The molecule has 0 spiro atoms. The van der Waals surface area contributed by atoms with Crippen molar-refractivity contribution in [2.24, 2.45) is 0 Å². The summed E-state index contributed by atoms with van der Waals surface area (Å²) in [5, 5.41) is 18.7. The third kappa shape index (κ3) is 3.83. The summed E-state index contributed by atoms with van der Waals surface area (Å²) in [6.07, 6.45) is 0.298. The average molecular weight is 272 g/mol. The first-order valence-corrected chi connectivity index (χ1v) is 6.82. The third-order valence-corrected chi connectivity index (χ3v) is 3.26. The normalized spacial score (nSPS) is 12.2. The second-order valence-electron chi connectivity index (χ2n) is 4.76. The van der Waals surface area contributed by atoms with Gasteiger partial charge in [-0.15, -0.1) is 0 Å². The Morgan fingerprint density at radius 1 is 0.950 bits per heavy atom. The monoisotopic (exact) mass is 272 g/mol. The van der Waals surface area contributed by atoms with Gasteiger partial charge < -0.3 is 14.9 Å². The van der Waals surface area contributed by atoms with Crippen molar-refractivity contribution >= 4 is 0 Å². The lowest BCUT2D eigenvalue weighted by atomic mass is 10.1. The Bertz CT molecular complexity index is 517. The molecule has 1 atom stereocenters. The first-order valence-electron chi connectivity index (χ1n) is 6.82. The molecule has 2 aromatic carbocycles. The van der Waals surface area contributed by atoms with Crippen LogP contribution in [0.3, 0.4) is 0 Å². The molecule has 0 bridgehead atoms. The topological polar surface area (TPSA) is 49.7 Å². The van der Waals surface area contributed by atoms with Crippen LogP contribution < -0.4 is 4.74 Å². The van der Waals surface area contributed by atoms with Gasteiger partial charge in [-0.3, -0.25) is 0 Å². The lowest BCUT2D eigenvalue weighted by Crippen LogP contribution is -1.98. The predicted molar refractivity (Wildman–Crippen MR) is 78.4 cm³/mol. The van der Waals surface area contributed by atoms with Gasteiger partial charge in [0, 0.05) is 0 Å². The molecule has 106 valence electrons. The van der Waals surface area contributed by atoms with Gasteiger partial charge in [0.05, 0.1) is 12.7 Å². The minimum atomic E-state index is -0.407. The van der Waals surface area contributed by atoms with Crippen molar-refractivity contribution in [2.75, 3.05) is 0 Å². The van der Waals surface area contributed by atoms with Gasteiger partial charge in [-0.2, -0.15) is 0 Å². The zero-order valence-corrected chi connectivity index (χ0v) is 11.6. The zero-order valence-electron chi connectivity index (χ0n) is 11.6. The highest BCUT2D eigenvalue weighted by Crippen LogP contribution is 2.20. The van der Waals surface area contributed by atoms with Crippen molar-refractivity contribution in [3.8, 4) is 5.75 Å². The van der Waals surface area contributed by atoms with Gasteiger partial charge in [0.15, 0.2) is 0 Å². The van der Waals surface area contributed by atoms with Crippen LogP contribution >= 0.6 is 0 Å². The second kappa shape index (κ2) is 7.08. The van der Waals surface area contributed by atoms with Crippen LogP contribution in [0.2, 0.25) is 0 Å². The van der Waals surface area contributed by atoms with Crippen molar-refractivity contribution in [3.63, 3.8) is 0 Å². The molecule has 0 aromatic heterocycles. The molecule has 0 saturated carbocycles. The summed E-state index contributed by atoms with van der Waals surface area (Å²) in [7, 11) is 0. The smallest absolute Gasteiger partial charge is 0.119 e. The fraction of sp³-hybridized carbons (Fsp3) is 0.294. The molecule has 0 radical (unpaired) electrons. The summed E-state index contributed by atoms with van der Waals surface area (Å²) in [5.41, 5.74) is 2.86. The lowest BCUT2D eigenvalue weighted by Gasteiger charge is -2.10. The number of rotatable bonds is 6. The van der Waals surface area contributed by atoms with E-state index in [1.807, 2.05) is 55.5 Å². The van der Waals surface area contributed by atoms with Crippen molar-refractivity contribution in [3.05, 3.63) is 65.2 Å². The summed E-state index contributed by atoms with van der Waals surface area (Å²) in [6, 6.07) is 15.2. The molecule has 2 N–H and O–H groups in total. The molecule has 20 heavy (non-hydrogen) atoms. The molecule has 3 heteroatoms. The van der Waals surface area contributed by atoms with Crippen molar-refractivity contribution in [1.82, 2.24) is 0 Å². The van der Waals surface area contributed by atoms with E-state index in [1.165, 1.54) is 0 Å². The molecule has 0 aliphatic carbocycles. The van der Waals surface area contributed by atoms with Crippen molar-refractivity contribution < 1.29 is 14.9 Å². The molecule has 3 nitrogen and oxygen atoms in total. The molecular formula is C17H20O3. The molecule has 0 saturated heterocycles. The van der Waals surface area contributed by atoms with Crippen LogP contribution in [0.1, 0.15) is 36.1 Å². The highest BCUT2D eigenvalue weighted by Gasteiger charge is 2.04.